The highest BCUT2D eigenvalue weighted by Gasteiger charge is 2.32. The van der Waals surface area contributed by atoms with Crippen LogP contribution < -0.4 is 10.6 Å². The van der Waals surface area contributed by atoms with Crippen molar-refractivity contribution in [2.24, 2.45) is 5.73 Å². The van der Waals surface area contributed by atoms with E-state index >= 15 is 0 Å². The molecule has 7 heteroatoms. The first-order valence-electron chi connectivity index (χ1n) is 7.28. The van der Waals surface area contributed by atoms with Crippen molar-refractivity contribution in [3.8, 4) is 0 Å². The Balaban J connectivity index is 1.89. The molecule has 1 unspecified atom stereocenters. The molecule has 0 radical (unpaired) electrons. The van der Waals surface area contributed by atoms with Gasteiger partial charge in [-0.2, -0.15) is 0 Å². The molecule has 1 amide bonds. The van der Waals surface area contributed by atoms with Crippen LogP contribution in [0.3, 0.4) is 0 Å². The molecule has 3 rings (SSSR count). The number of anilines is 1. The molecule has 2 heterocycles. The Morgan fingerprint density at radius 2 is 2.27 bits per heavy atom. The summed E-state index contributed by atoms with van der Waals surface area (Å²) in [5.41, 5.74) is 7.68. The van der Waals surface area contributed by atoms with Gasteiger partial charge >= 0.3 is 0 Å². The summed E-state index contributed by atoms with van der Waals surface area (Å²) in [6, 6.07) is 4.08. The lowest BCUT2D eigenvalue weighted by Gasteiger charge is -2.33. The van der Waals surface area contributed by atoms with E-state index in [1.165, 1.54) is 12.1 Å². The lowest BCUT2D eigenvalue weighted by atomic mass is 10.0. The quantitative estimate of drug-likeness (QED) is 0.933. The number of hydrogen-bond acceptors (Lipinski definition) is 4. The van der Waals surface area contributed by atoms with Gasteiger partial charge in [-0.05, 0) is 43.5 Å². The van der Waals surface area contributed by atoms with Gasteiger partial charge in [0.25, 0.3) is 5.91 Å². The van der Waals surface area contributed by atoms with Gasteiger partial charge in [0.05, 0.1) is 11.9 Å². The standard InChI is InChI=1S/C15H18FN5O/c1-10-7-11(16)4-5-13(10)20-6-2-3-14(15(20)22)21-9-12(8-17)18-19-21/h4-5,7,9,14H,2-3,6,8,17H2,1H3. The number of carbonyl (C=O) groups is 1. The number of hydrogen-bond donors (Lipinski definition) is 1. The Morgan fingerprint density at radius 3 is 2.95 bits per heavy atom. The Morgan fingerprint density at radius 1 is 1.45 bits per heavy atom. The molecule has 22 heavy (non-hydrogen) atoms. The van der Waals surface area contributed by atoms with E-state index in [4.69, 9.17) is 5.73 Å². The fraction of sp³-hybridized carbons (Fsp3) is 0.400. The number of benzene rings is 1. The van der Waals surface area contributed by atoms with Gasteiger partial charge in [-0.25, -0.2) is 9.07 Å². The zero-order valence-electron chi connectivity index (χ0n) is 12.4. The van der Waals surface area contributed by atoms with Crippen LogP contribution in [0.25, 0.3) is 0 Å². The molecule has 1 fully saturated rings. The summed E-state index contributed by atoms with van der Waals surface area (Å²) >= 11 is 0. The van der Waals surface area contributed by atoms with Crippen LogP contribution >= 0.6 is 0 Å². The average Bonchev–Trinajstić information content (AvgIpc) is 2.97. The van der Waals surface area contributed by atoms with E-state index in [0.29, 0.717) is 25.2 Å². The lowest BCUT2D eigenvalue weighted by molar-refractivity contribution is -0.123. The van der Waals surface area contributed by atoms with E-state index in [2.05, 4.69) is 10.3 Å². The molecule has 1 aromatic heterocycles. The van der Waals surface area contributed by atoms with Crippen LogP contribution in [-0.2, 0) is 11.3 Å². The van der Waals surface area contributed by atoms with Crippen molar-refractivity contribution in [3.63, 3.8) is 0 Å². The molecular formula is C15H18FN5O. The van der Waals surface area contributed by atoms with Crippen LogP contribution in [0.15, 0.2) is 24.4 Å². The van der Waals surface area contributed by atoms with E-state index in [1.54, 1.807) is 28.8 Å². The zero-order chi connectivity index (χ0) is 15.7. The lowest BCUT2D eigenvalue weighted by Crippen LogP contribution is -2.42. The smallest absolute Gasteiger partial charge is 0.251 e. The maximum atomic E-state index is 13.3. The monoisotopic (exact) mass is 303 g/mol. The number of nitrogens with zero attached hydrogens (tertiary/aromatic N) is 4. The molecule has 1 atom stereocenters. The topological polar surface area (TPSA) is 77.0 Å². The Bertz CT molecular complexity index is 699. The molecule has 0 spiro atoms. The SMILES string of the molecule is Cc1cc(F)ccc1N1CCCC(n2cc(CN)nn2)C1=O. The molecule has 1 aliphatic rings. The highest BCUT2D eigenvalue weighted by atomic mass is 19.1. The van der Waals surface area contributed by atoms with E-state index in [0.717, 1.165) is 17.7 Å². The minimum absolute atomic E-state index is 0.0468. The number of aryl methyl sites for hydroxylation is 1. The molecule has 116 valence electrons. The molecule has 0 saturated carbocycles. The van der Waals surface area contributed by atoms with E-state index < -0.39 is 0 Å². The summed E-state index contributed by atoms with van der Waals surface area (Å²) in [6.45, 7) is 2.72. The second-order valence-corrected chi connectivity index (χ2v) is 5.47. The van der Waals surface area contributed by atoms with E-state index in [-0.39, 0.29) is 17.8 Å². The van der Waals surface area contributed by atoms with E-state index in [9.17, 15) is 9.18 Å². The highest BCUT2D eigenvalue weighted by molar-refractivity contribution is 5.97. The fourth-order valence-electron chi connectivity index (χ4n) is 2.82. The zero-order valence-corrected chi connectivity index (χ0v) is 12.4. The Hall–Kier alpha value is -2.28. The number of aromatic nitrogens is 3. The van der Waals surface area contributed by atoms with Gasteiger partial charge in [0.2, 0.25) is 0 Å². The molecule has 1 saturated heterocycles. The van der Waals surface area contributed by atoms with Crippen molar-refractivity contribution in [3.05, 3.63) is 41.5 Å². The summed E-state index contributed by atoms with van der Waals surface area (Å²) in [7, 11) is 0. The molecular weight excluding hydrogens is 285 g/mol. The van der Waals surface area contributed by atoms with Crippen LogP contribution in [-0.4, -0.2) is 27.4 Å². The van der Waals surface area contributed by atoms with Crippen molar-refractivity contribution < 1.29 is 9.18 Å². The predicted octanol–water partition coefficient (Wildman–Crippen LogP) is 1.55. The summed E-state index contributed by atoms with van der Waals surface area (Å²) in [6.07, 6.45) is 3.28. The van der Waals surface area contributed by atoms with Gasteiger partial charge < -0.3 is 10.6 Å². The molecule has 1 aromatic carbocycles. The first-order chi connectivity index (χ1) is 10.6. The summed E-state index contributed by atoms with van der Waals surface area (Å²) in [5, 5.41) is 7.94. The Kier molecular flexibility index (Phi) is 3.89. The van der Waals surface area contributed by atoms with Gasteiger partial charge in [-0.1, -0.05) is 5.21 Å². The molecule has 6 nitrogen and oxygen atoms in total. The summed E-state index contributed by atoms with van der Waals surface area (Å²) in [5.74, 6) is -0.347. The van der Waals surface area contributed by atoms with Crippen molar-refractivity contribution in [2.45, 2.75) is 32.4 Å². The molecule has 2 N–H and O–H groups in total. The fourth-order valence-corrected chi connectivity index (χ4v) is 2.82. The number of rotatable bonds is 3. The minimum atomic E-state index is -0.383. The molecule has 2 aromatic rings. The molecule has 0 bridgehead atoms. The van der Waals surface area contributed by atoms with Gasteiger partial charge in [0, 0.05) is 18.8 Å². The van der Waals surface area contributed by atoms with Gasteiger partial charge in [0.1, 0.15) is 11.9 Å². The second-order valence-electron chi connectivity index (χ2n) is 5.47. The average molecular weight is 303 g/mol. The largest absolute Gasteiger partial charge is 0.325 e. The van der Waals surface area contributed by atoms with Crippen LogP contribution in [0.5, 0.6) is 0 Å². The van der Waals surface area contributed by atoms with Crippen molar-refractivity contribution >= 4 is 11.6 Å². The third kappa shape index (κ3) is 2.59. The number of nitrogens with two attached hydrogens (primary N) is 1. The van der Waals surface area contributed by atoms with Gasteiger partial charge in [-0.15, -0.1) is 5.10 Å². The second kappa shape index (κ2) is 5.84. The third-order valence-electron chi connectivity index (χ3n) is 3.95. The third-order valence-corrected chi connectivity index (χ3v) is 3.95. The van der Waals surface area contributed by atoms with Crippen LogP contribution in [0.2, 0.25) is 0 Å². The van der Waals surface area contributed by atoms with Crippen LogP contribution in [0, 0.1) is 12.7 Å². The summed E-state index contributed by atoms with van der Waals surface area (Å²) < 4.78 is 14.8. The first kappa shape index (κ1) is 14.6. The predicted molar refractivity (Wildman–Crippen MR) is 79.7 cm³/mol. The van der Waals surface area contributed by atoms with E-state index in [1.807, 2.05) is 0 Å². The maximum absolute atomic E-state index is 13.3. The number of carbonyl (C=O) groups excluding carboxylic acids is 1. The van der Waals surface area contributed by atoms with Crippen LogP contribution in [0.4, 0.5) is 10.1 Å². The maximum Gasteiger partial charge on any atom is 0.251 e. The normalized spacial score (nSPS) is 18.8. The van der Waals surface area contributed by atoms with Gasteiger partial charge in [-0.3, -0.25) is 4.79 Å². The van der Waals surface area contributed by atoms with Crippen molar-refractivity contribution in [1.82, 2.24) is 15.0 Å². The molecule has 1 aliphatic heterocycles. The molecule has 0 aliphatic carbocycles. The first-order valence-corrected chi connectivity index (χ1v) is 7.28. The van der Waals surface area contributed by atoms with Gasteiger partial charge in [0.15, 0.2) is 0 Å². The number of piperidine rings is 1. The minimum Gasteiger partial charge on any atom is -0.325 e. The van der Waals surface area contributed by atoms with Crippen LogP contribution in [0.1, 0.15) is 30.1 Å². The Labute approximate surface area is 127 Å². The number of halogens is 1. The highest BCUT2D eigenvalue weighted by Crippen LogP contribution is 2.29. The summed E-state index contributed by atoms with van der Waals surface area (Å²) in [4.78, 5) is 14.5. The number of amides is 1. The van der Waals surface area contributed by atoms with Crippen molar-refractivity contribution in [1.29, 1.82) is 0 Å². The van der Waals surface area contributed by atoms with Crippen molar-refractivity contribution in [2.75, 3.05) is 11.4 Å².